The molecule has 1 aliphatic rings. The molecule has 0 fully saturated rings. The molecule has 4 rings (SSSR count). The first-order valence-electron chi connectivity index (χ1n) is 7.21. The molecule has 0 bridgehead atoms. The number of nitrogens with two attached hydrogens (primary N) is 1. The van der Waals surface area contributed by atoms with Gasteiger partial charge in [-0.05, 0) is 19.0 Å². The van der Waals surface area contributed by atoms with Crippen molar-refractivity contribution in [3.05, 3.63) is 51.1 Å². The van der Waals surface area contributed by atoms with E-state index < -0.39 is 0 Å². The van der Waals surface area contributed by atoms with Crippen LogP contribution < -0.4 is 11.4 Å². The van der Waals surface area contributed by atoms with Gasteiger partial charge in [-0.25, -0.2) is 9.66 Å². The summed E-state index contributed by atoms with van der Waals surface area (Å²) in [5.41, 5.74) is 1.84. The van der Waals surface area contributed by atoms with Crippen LogP contribution in [-0.4, -0.2) is 28.2 Å². The van der Waals surface area contributed by atoms with Crippen LogP contribution in [0.15, 0.2) is 35.1 Å². The summed E-state index contributed by atoms with van der Waals surface area (Å²) in [7, 11) is 2.09. The highest BCUT2D eigenvalue weighted by molar-refractivity contribution is 7.18. The van der Waals surface area contributed by atoms with Gasteiger partial charge in [0.2, 0.25) is 0 Å². The molecule has 0 atom stereocenters. The average molecular weight is 312 g/mol. The van der Waals surface area contributed by atoms with E-state index >= 15 is 0 Å². The number of thiophene rings is 1. The Balaban J connectivity index is 2.00. The Labute approximate surface area is 131 Å². The number of benzene rings is 1. The van der Waals surface area contributed by atoms with E-state index in [0.717, 1.165) is 35.5 Å². The smallest absolute Gasteiger partial charge is 0.281 e. The van der Waals surface area contributed by atoms with Gasteiger partial charge in [-0.1, -0.05) is 30.3 Å². The lowest BCUT2D eigenvalue weighted by Gasteiger charge is -2.21. The SMILES string of the molecule is CN1CCc2c(sc3nc(-c4ccccc4)n(N)c(=O)c23)C1. The molecule has 0 saturated heterocycles. The van der Waals surface area contributed by atoms with E-state index in [4.69, 9.17) is 5.84 Å². The standard InChI is InChI=1S/C16H16N4OS/c1-19-8-7-11-12(9-19)22-15-13(11)16(21)20(17)14(18-15)10-5-3-2-4-6-10/h2-6H,7-9,17H2,1H3. The molecule has 112 valence electrons. The van der Waals surface area contributed by atoms with E-state index in [1.165, 1.54) is 9.55 Å². The second kappa shape index (κ2) is 4.93. The van der Waals surface area contributed by atoms with Gasteiger partial charge < -0.3 is 10.7 Å². The Bertz CT molecular complexity index is 913. The summed E-state index contributed by atoms with van der Waals surface area (Å²) in [6.07, 6.45) is 0.882. The predicted molar refractivity (Wildman–Crippen MR) is 89.5 cm³/mol. The van der Waals surface area contributed by atoms with Crippen molar-refractivity contribution in [1.29, 1.82) is 0 Å². The molecule has 22 heavy (non-hydrogen) atoms. The third kappa shape index (κ3) is 1.95. The van der Waals surface area contributed by atoms with Crippen LogP contribution in [0.5, 0.6) is 0 Å². The van der Waals surface area contributed by atoms with Gasteiger partial charge in [0.05, 0.1) is 5.39 Å². The maximum atomic E-state index is 12.7. The van der Waals surface area contributed by atoms with Gasteiger partial charge in [0, 0.05) is 23.5 Å². The average Bonchev–Trinajstić information content (AvgIpc) is 2.89. The lowest BCUT2D eigenvalue weighted by atomic mass is 10.1. The fraction of sp³-hybridized carbons (Fsp3) is 0.250. The normalized spacial score (nSPS) is 15.1. The zero-order valence-electron chi connectivity index (χ0n) is 12.2. The highest BCUT2D eigenvalue weighted by Crippen LogP contribution is 2.32. The maximum Gasteiger partial charge on any atom is 0.281 e. The largest absolute Gasteiger partial charge is 0.334 e. The fourth-order valence-electron chi connectivity index (χ4n) is 2.97. The van der Waals surface area contributed by atoms with E-state index in [1.54, 1.807) is 11.3 Å². The minimum atomic E-state index is -0.147. The summed E-state index contributed by atoms with van der Waals surface area (Å²) >= 11 is 1.61. The van der Waals surface area contributed by atoms with Crippen LogP contribution in [0.2, 0.25) is 0 Å². The lowest BCUT2D eigenvalue weighted by molar-refractivity contribution is 0.318. The van der Waals surface area contributed by atoms with E-state index in [9.17, 15) is 4.79 Å². The molecule has 5 nitrogen and oxygen atoms in total. The van der Waals surface area contributed by atoms with Crippen molar-refractivity contribution >= 4 is 21.6 Å². The molecular weight excluding hydrogens is 296 g/mol. The summed E-state index contributed by atoms with van der Waals surface area (Å²) in [4.78, 5) is 21.7. The number of nitrogens with zero attached hydrogens (tertiary/aromatic N) is 3. The molecule has 0 unspecified atom stereocenters. The van der Waals surface area contributed by atoms with Crippen molar-refractivity contribution in [3.8, 4) is 11.4 Å². The summed E-state index contributed by atoms with van der Waals surface area (Å²) < 4.78 is 1.18. The Morgan fingerprint density at radius 2 is 2.05 bits per heavy atom. The fourth-order valence-corrected chi connectivity index (χ4v) is 4.26. The van der Waals surface area contributed by atoms with Crippen molar-refractivity contribution in [2.75, 3.05) is 19.4 Å². The van der Waals surface area contributed by atoms with Crippen LogP contribution in [-0.2, 0) is 13.0 Å². The molecule has 6 heteroatoms. The van der Waals surface area contributed by atoms with Crippen LogP contribution in [0.25, 0.3) is 21.6 Å². The molecule has 3 aromatic rings. The molecule has 1 aromatic carbocycles. The van der Waals surface area contributed by atoms with Gasteiger partial charge in [-0.15, -0.1) is 11.3 Å². The van der Waals surface area contributed by atoms with Gasteiger partial charge in [-0.3, -0.25) is 4.79 Å². The molecule has 0 saturated carbocycles. The topological polar surface area (TPSA) is 64.2 Å². The first kappa shape index (κ1) is 13.5. The predicted octanol–water partition coefficient (Wildman–Crippen LogP) is 1.83. The summed E-state index contributed by atoms with van der Waals surface area (Å²) in [6, 6.07) is 9.59. The number of hydrogen-bond acceptors (Lipinski definition) is 5. The van der Waals surface area contributed by atoms with Crippen molar-refractivity contribution in [3.63, 3.8) is 0 Å². The quantitative estimate of drug-likeness (QED) is 0.696. The second-order valence-corrected chi connectivity index (χ2v) is 6.73. The summed E-state index contributed by atoms with van der Waals surface area (Å²) in [5, 5.41) is 0.704. The zero-order chi connectivity index (χ0) is 15.3. The minimum absolute atomic E-state index is 0.147. The number of rotatable bonds is 1. The van der Waals surface area contributed by atoms with Gasteiger partial charge in [0.25, 0.3) is 5.56 Å². The third-order valence-electron chi connectivity index (χ3n) is 4.13. The molecule has 3 heterocycles. The van der Waals surface area contributed by atoms with Crippen molar-refractivity contribution in [2.24, 2.45) is 0 Å². The van der Waals surface area contributed by atoms with E-state index in [2.05, 4.69) is 16.9 Å². The molecule has 0 radical (unpaired) electrons. The minimum Gasteiger partial charge on any atom is -0.334 e. The van der Waals surface area contributed by atoms with Crippen LogP contribution in [0.4, 0.5) is 0 Å². The summed E-state index contributed by atoms with van der Waals surface area (Å²) in [6.45, 7) is 1.84. The third-order valence-corrected chi connectivity index (χ3v) is 5.24. The highest BCUT2D eigenvalue weighted by Gasteiger charge is 2.23. The highest BCUT2D eigenvalue weighted by atomic mass is 32.1. The lowest BCUT2D eigenvalue weighted by Crippen LogP contribution is -2.31. The first-order chi connectivity index (χ1) is 10.6. The number of nitrogen functional groups attached to an aromatic ring is 1. The Kier molecular flexibility index (Phi) is 3.02. The van der Waals surface area contributed by atoms with Crippen LogP contribution in [0.3, 0.4) is 0 Å². The Hall–Kier alpha value is -2.18. The Morgan fingerprint density at radius 3 is 2.82 bits per heavy atom. The number of aromatic nitrogens is 2. The zero-order valence-corrected chi connectivity index (χ0v) is 13.1. The first-order valence-corrected chi connectivity index (χ1v) is 8.03. The second-order valence-electron chi connectivity index (χ2n) is 5.65. The molecule has 0 amide bonds. The van der Waals surface area contributed by atoms with Gasteiger partial charge in [0.1, 0.15) is 4.83 Å². The van der Waals surface area contributed by atoms with Crippen molar-refractivity contribution < 1.29 is 0 Å². The molecule has 1 aliphatic heterocycles. The monoisotopic (exact) mass is 312 g/mol. The van der Waals surface area contributed by atoms with Crippen molar-refractivity contribution in [1.82, 2.24) is 14.6 Å². The molecule has 2 N–H and O–H groups in total. The van der Waals surface area contributed by atoms with E-state index in [0.29, 0.717) is 11.2 Å². The number of likely N-dealkylation sites (N-methyl/N-ethyl adjacent to an activating group) is 1. The van der Waals surface area contributed by atoms with Crippen molar-refractivity contribution in [2.45, 2.75) is 13.0 Å². The molecule has 2 aromatic heterocycles. The Morgan fingerprint density at radius 1 is 1.27 bits per heavy atom. The van der Waals surface area contributed by atoms with E-state index in [-0.39, 0.29) is 5.56 Å². The summed E-state index contributed by atoms with van der Waals surface area (Å²) in [5.74, 6) is 6.55. The number of fused-ring (bicyclic) bond motifs is 3. The van der Waals surface area contributed by atoms with Crippen LogP contribution in [0, 0.1) is 0 Å². The molecule has 0 aliphatic carbocycles. The maximum absolute atomic E-state index is 12.7. The van der Waals surface area contributed by atoms with E-state index in [1.807, 2.05) is 30.3 Å². The molecular formula is C16H16N4OS. The van der Waals surface area contributed by atoms with Crippen LogP contribution in [0.1, 0.15) is 10.4 Å². The number of hydrogen-bond donors (Lipinski definition) is 1. The molecule has 0 spiro atoms. The van der Waals surface area contributed by atoms with Gasteiger partial charge in [0.15, 0.2) is 5.82 Å². The van der Waals surface area contributed by atoms with Gasteiger partial charge >= 0.3 is 0 Å². The van der Waals surface area contributed by atoms with Crippen LogP contribution >= 0.6 is 11.3 Å². The van der Waals surface area contributed by atoms with Gasteiger partial charge in [-0.2, -0.15) is 0 Å².